The summed E-state index contributed by atoms with van der Waals surface area (Å²) in [7, 11) is 4.25. The van der Waals surface area contributed by atoms with Gasteiger partial charge in [0, 0.05) is 29.4 Å². The van der Waals surface area contributed by atoms with E-state index in [-0.39, 0.29) is 6.04 Å². The Morgan fingerprint density at radius 1 is 1.03 bits per heavy atom. The van der Waals surface area contributed by atoms with Crippen molar-refractivity contribution in [2.24, 2.45) is 0 Å². The lowest BCUT2D eigenvalue weighted by molar-refractivity contribution is 0.311. The number of pyridine rings is 1. The van der Waals surface area contributed by atoms with Gasteiger partial charge in [0.1, 0.15) is 10.6 Å². The normalized spacial score (nSPS) is 14.5. The minimum Gasteiger partial charge on any atom is -0.367 e. The average Bonchev–Trinajstić information content (AvgIpc) is 3.19. The first-order valence-corrected chi connectivity index (χ1v) is 11.7. The van der Waals surface area contributed by atoms with Crippen LogP contribution in [0.25, 0.3) is 21.6 Å². The fourth-order valence-electron chi connectivity index (χ4n) is 4.38. The van der Waals surface area contributed by atoms with Crippen molar-refractivity contribution in [2.75, 3.05) is 26.0 Å². The van der Waals surface area contributed by atoms with Crippen molar-refractivity contribution in [3.8, 4) is 11.4 Å². The molecule has 1 atom stereocenters. The predicted octanol–water partition coefficient (Wildman–Crippen LogP) is 5.35. The molecule has 0 fully saturated rings. The van der Waals surface area contributed by atoms with Crippen molar-refractivity contribution >= 4 is 27.4 Å². The summed E-state index contributed by atoms with van der Waals surface area (Å²) in [6.45, 7) is 0.778. The van der Waals surface area contributed by atoms with Crippen molar-refractivity contribution in [3.05, 3.63) is 70.9 Å². The lowest BCUT2D eigenvalue weighted by Gasteiger charge is -2.25. The molecule has 5 rings (SSSR count). The van der Waals surface area contributed by atoms with Crippen molar-refractivity contribution in [2.45, 2.75) is 31.7 Å². The monoisotopic (exact) mass is 429 g/mol. The Hall–Kier alpha value is -2.83. The van der Waals surface area contributed by atoms with Gasteiger partial charge in [-0.15, -0.1) is 11.3 Å². The summed E-state index contributed by atoms with van der Waals surface area (Å²) in [5.41, 5.74) is 3.70. The summed E-state index contributed by atoms with van der Waals surface area (Å²) >= 11 is 1.84. The van der Waals surface area contributed by atoms with Crippen LogP contribution >= 0.6 is 11.3 Å². The maximum atomic E-state index is 5.00. The number of nitrogens with one attached hydrogen (secondary N) is 1. The van der Waals surface area contributed by atoms with Crippen LogP contribution in [0.2, 0.25) is 0 Å². The number of aromatic nitrogens is 3. The molecule has 0 bridgehead atoms. The molecule has 0 saturated carbocycles. The maximum Gasteiger partial charge on any atom is 0.164 e. The second kappa shape index (κ2) is 8.73. The largest absolute Gasteiger partial charge is 0.367 e. The van der Waals surface area contributed by atoms with E-state index in [2.05, 4.69) is 59.6 Å². The fraction of sp³-hybridized carbons (Fsp3) is 0.320. The standard InChI is InChI=1S/C25H27N5S/c1-30(2)20(17-9-4-3-5-10-17)16-27-24-22-19-12-6-7-13-21(19)31-25(22)29-23(28-24)18-11-8-14-26-15-18/h3-5,8-11,14-15,20H,6-7,12-13,16H2,1-2H3,(H,27,28,29)/t20-/m1/s1. The van der Waals surface area contributed by atoms with E-state index in [0.29, 0.717) is 0 Å². The second-order valence-corrected chi connectivity index (χ2v) is 9.38. The molecule has 1 aliphatic carbocycles. The van der Waals surface area contributed by atoms with E-state index in [9.17, 15) is 0 Å². The lowest BCUT2D eigenvalue weighted by Crippen LogP contribution is -2.27. The van der Waals surface area contributed by atoms with Crippen molar-refractivity contribution in [3.63, 3.8) is 0 Å². The highest BCUT2D eigenvalue weighted by Crippen LogP contribution is 2.39. The number of thiophene rings is 1. The molecule has 158 valence electrons. The molecule has 1 aromatic carbocycles. The van der Waals surface area contributed by atoms with E-state index < -0.39 is 0 Å². The van der Waals surface area contributed by atoms with Crippen LogP contribution < -0.4 is 5.32 Å². The molecular weight excluding hydrogens is 402 g/mol. The number of likely N-dealkylation sites (N-methyl/N-ethyl adjacent to an activating group) is 1. The Morgan fingerprint density at radius 3 is 2.65 bits per heavy atom. The number of anilines is 1. The van der Waals surface area contributed by atoms with E-state index in [1.165, 1.54) is 34.2 Å². The third kappa shape index (κ3) is 4.05. The lowest BCUT2D eigenvalue weighted by atomic mass is 9.97. The van der Waals surface area contributed by atoms with Crippen molar-refractivity contribution in [1.29, 1.82) is 0 Å². The highest BCUT2D eigenvalue weighted by molar-refractivity contribution is 7.19. The third-order valence-corrected chi connectivity index (χ3v) is 7.19. The van der Waals surface area contributed by atoms with Gasteiger partial charge in [-0.25, -0.2) is 9.97 Å². The smallest absolute Gasteiger partial charge is 0.164 e. The van der Waals surface area contributed by atoms with Crippen LogP contribution in [-0.2, 0) is 12.8 Å². The van der Waals surface area contributed by atoms with E-state index in [4.69, 9.17) is 9.97 Å². The Morgan fingerprint density at radius 2 is 1.87 bits per heavy atom. The van der Waals surface area contributed by atoms with Crippen LogP contribution in [0.1, 0.15) is 34.9 Å². The van der Waals surface area contributed by atoms with Crippen molar-refractivity contribution < 1.29 is 0 Å². The van der Waals surface area contributed by atoms with Gasteiger partial charge in [0.15, 0.2) is 5.82 Å². The number of hydrogen-bond donors (Lipinski definition) is 1. The minimum atomic E-state index is 0.252. The van der Waals surface area contributed by atoms with Crippen LogP contribution in [0, 0.1) is 0 Å². The molecule has 4 aromatic rings. The van der Waals surface area contributed by atoms with Gasteiger partial charge >= 0.3 is 0 Å². The van der Waals surface area contributed by atoms with Gasteiger partial charge in [0.2, 0.25) is 0 Å². The Bertz CT molecular complexity index is 1170. The van der Waals surface area contributed by atoms with Crippen LogP contribution in [0.4, 0.5) is 5.82 Å². The molecular formula is C25H27N5S. The quantitative estimate of drug-likeness (QED) is 0.448. The number of rotatable bonds is 6. The molecule has 6 heteroatoms. The number of hydrogen-bond acceptors (Lipinski definition) is 6. The first kappa shape index (κ1) is 20.1. The average molecular weight is 430 g/mol. The molecule has 3 aromatic heterocycles. The number of nitrogens with zero attached hydrogens (tertiary/aromatic N) is 4. The first-order valence-electron chi connectivity index (χ1n) is 10.9. The summed E-state index contributed by atoms with van der Waals surface area (Å²) in [6.07, 6.45) is 8.41. The van der Waals surface area contributed by atoms with Crippen LogP contribution in [-0.4, -0.2) is 40.5 Å². The molecule has 0 amide bonds. The molecule has 0 saturated heterocycles. The minimum absolute atomic E-state index is 0.252. The zero-order valence-electron chi connectivity index (χ0n) is 18.0. The summed E-state index contributed by atoms with van der Waals surface area (Å²) in [5.74, 6) is 1.69. The van der Waals surface area contributed by atoms with Crippen LogP contribution in [0.5, 0.6) is 0 Å². The second-order valence-electron chi connectivity index (χ2n) is 8.30. The Balaban J connectivity index is 1.56. The van der Waals surface area contributed by atoms with Gasteiger partial charge < -0.3 is 10.2 Å². The highest BCUT2D eigenvalue weighted by atomic mass is 32.1. The molecule has 1 aliphatic rings. The maximum absolute atomic E-state index is 5.00. The van der Waals surface area contributed by atoms with E-state index in [0.717, 1.165) is 41.4 Å². The molecule has 31 heavy (non-hydrogen) atoms. The fourth-order valence-corrected chi connectivity index (χ4v) is 5.64. The number of aryl methyl sites for hydroxylation is 2. The van der Waals surface area contributed by atoms with Gasteiger partial charge in [-0.2, -0.15) is 0 Å². The predicted molar refractivity (Wildman–Crippen MR) is 129 cm³/mol. The van der Waals surface area contributed by atoms with Gasteiger partial charge in [-0.05, 0) is 63.0 Å². The number of fused-ring (bicyclic) bond motifs is 3. The van der Waals surface area contributed by atoms with Crippen molar-refractivity contribution in [1.82, 2.24) is 19.9 Å². The number of benzene rings is 1. The third-order valence-electron chi connectivity index (χ3n) is 6.00. The summed E-state index contributed by atoms with van der Waals surface area (Å²) in [4.78, 5) is 19.0. The molecule has 5 nitrogen and oxygen atoms in total. The first-order chi connectivity index (χ1) is 15.2. The zero-order valence-corrected chi connectivity index (χ0v) is 18.8. The van der Waals surface area contributed by atoms with E-state index >= 15 is 0 Å². The molecule has 1 N–H and O–H groups in total. The molecule has 0 aliphatic heterocycles. The highest BCUT2D eigenvalue weighted by Gasteiger charge is 2.22. The SMILES string of the molecule is CN(C)[C@H](CNc1nc(-c2cccnc2)nc2sc3c(c12)CCCC3)c1ccccc1. The summed E-state index contributed by atoms with van der Waals surface area (Å²) in [6, 6.07) is 14.9. The zero-order chi connectivity index (χ0) is 21.2. The van der Waals surface area contributed by atoms with E-state index in [1.54, 1.807) is 6.20 Å². The van der Waals surface area contributed by atoms with Gasteiger partial charge in [-0.1, -0.05) is 30.3 Å². The van der Waals surface area contributed by atoms with E-state index in [1.807, 2.05) is 29.7 Å². The van der Waals surface area contributed by atoms with Crippen LogP contribution in [0.3, 0.4) is 0 Å². The van der Waals surface area contributed by atoms with Gasteiger partial charge in [-0.3, -0.25) is 4.98 Å². The molecule has 0 radical (unpaired) electrons. The van der Waals surface area contributed by atoms with Gasteiger partial charge in [0.25, 0.3) is 0 Å². The molecule has 3 heterocycles. The Labute approximate surface area is 187 Å². The molecule has 0 unspecified atom stereocenters. The topological polar surface area (TPSA) is 53.9 Å². The summed E-state index contributed by atoms with van der Waals surface area (Å²) < 4.78 is 0. The van der Waals surface area contributed by atoms with Crippen LogP contribution in [0.15, 0.2) is 54.9 Å². The summed E-state index contributed by atoms with van der Waals surface area (Å²) in [5, 5.41) is 4.93. The molecule has 0 spiro atoms. The Kier molecular flexibility index (Phi) is 5.66. The van der Waals surface area contributed by atoms with Gasteiger partial charge in [0.05, 0.1) is 11.4 Å².